The van der Waals surface area contributed by atoms with Gasteiger partial charge in [-0.1, -0.05) is 13.3 Å². The van der Waals surface area contributed by atoms with Crippen LogP contribution in [0.25, 0.3) is 0 Å². The zero-order valence-corrected chi connectivity index (χ0v) is 11.2. The molecular weight excluding hydrogens is 216 g/mol. The second-order valence-electron chi connectivity index (χ2n) is 4.86. The Morgan fingerprint density at radius 2 is 2.18 bits per heavy atom. The molecule has 0 aromatic carbocycles. The fraction of sp³-hybridized carbons (Fsp3) is 0.923. The van der Waals surface area contributed by atoms with Crippen molar-refractivity contribution < 1.29 is 9.53 Å². The molecule has 0 spiro atoms. The highest BCUT2D eigenvalue weighted by Crippen LogP contribution is 2.28. The molecule has 0 radical (unpaired) electrons. The average molecular weight is 242 g/mol. The minimum atomic E-state index is 0.187. The van der Waals surface area contributed by atoms with Crippen molar-refractivity contribution in [2.24, 2.45) is 11.7 Å². The van der Waals surface area contributed by atoms with Crippen LogP contribution in [0.5, 0.6) is 0 Å². The molecule has 0 saturated heterocycles. The monoisotopic (exact) mass is 242 g/mol. The first kappa shape index (κ1) is 14.5. The molecule has 0 aliphatic heterocycles. The van der Waals surface area contributed by atoms with Crippen molar-refractivity contribution in [1.29, 1.82) is 0 Å². The van der Waals surface area contributed by atoms with Crippen LogP contribution in [0.2, 0.25) is 0 Å². The maximum Gasteiger partial charge on any atom is 0.224 e. The number of amides is 1. The topological polar surface area (TPSA) is 55.6 Å². The van der Waals surface area contributed by atoms with Crippen molar-refractivity contribution in [2.45, 2.75) is 45.1 Å². The molecule has 0 aromatic heterocycles. The summed E-state index contributed by atoms with van der Waals surface area (Å²) in [4.78, 5) is 13.8. The fourth-order valence-electron chi connectivity index (χ4n) is 2.57. The molecule has 0 aromatic rings. The second-order valence-corrected chi connectivity index (χ2v) is 4.86. The Labute approximate surface area is 104 Å². The van der Waals surface area contributed by atoms with Crippen LogP contribution in [0.15, 0.2) is 0 Å². The van der Waals surface area contributed by atoms with Crippen LogP contribution in [0.3, 0.4) is 0 Å². The summed E-state index contributed by atoms with van der Waals surface area (Å²) in [7, 11) is 1.90. The quantitative estimate of drug-likeness (QED) is 0.686. The number of hydrogen-bond acceptors (Lipinski definition) is 3. The summed E-state index contributed by atoms with van der Waals surface area (Å²) < 4.78 is 5.35. The van der Waals surface area contributed by atoms with E-state index in [9.17, 15) is 4.79 Å². The van der Waals surface area contributed by atoms with Gasteiger partial charge in [-0.25, -0.2) is 0 Å². The van der Waals surface area contributed by atoms with Gasteiger partial charge in [0.15, 0.2) is 0 Å². The van der Waals surface area contributed by atoms with Crippen molar-refractivity contribution in [2.75, 3.05) is 26.8 Å². The highest BCUT2D eigenvalue weighted by Gasteiger charge is 2.31. The van der Waals surface area contributed by atoms with E-state index in [1.54, 1.807) is 0 Å². The lowest BCUT2D eigenvalue weighted by molar-refractivity contribution is -0.133. The van der Waals surface area contributed by atoms with Gasteiger partial charge in [-0.15, -0.1) is 0 Å². The summed E-state index contributed by atoms with van der Waals surface area (Å²) in [5.41, 5.74) is 5.74. The highest BCUT2D eigenvalue weighted by molar-refractivity contribution is 5.76. The van der Waals surface area contributed by atoms with Gasteiger partial charge in [0, 0.05) is 19.7 Å². The summed E-state index contributed by atoms with van der Waals surface area (Å²) >= 11 is 0. The van der Waals surface area contributed by atoms with E-state index in [1.807, 2.05) is 11.9 Å². The number of nitrogens with zero attached hydrogens (tertiary/aromatic N) is 1. The summed E-state index contributed by atoms with van der Waals surface area (Å²) in [6.07, 6.45) is 4.94. The van der Waals surface area contributed by atoms with E-state index in [4.69, 9.17) is 10.5 Å². The van der Waals surface area contributed by atoms with Gasteiger partial charge >= 0.3 is 0 Å². The zero-order valence-electron chi connectivity index (χ0n) is 11.2. The predicted octanol–water partition coefficient (Wildman–Crippen LogP) is 1.39. The number of carbonyl (C=O) groups excluding carboxylic acids is 1. The summed E-state index contributed by atoms with van der Waals surface area (Å²) in [6.45, 7) is 4.04. The Morgan fingerprint density at radius 1 is 1.41 bits per heavy atom. The molecular formula is C13H26N2O2. The maximum absolute atomic E-state index is 12.0. The van der Waals surface area contributed by atoms with Gasteiger partial charge in [0.05, 0.1) is 13.0 Å². The Hall–Kier alpha value is -0.610. The van der Waals surface area contributed by atoms with Crippen LogP contribution >= 0.6 is 0 Å². The molecule has 1 aliphatic carbocycles. The Balaban J connectivity index is 2.30. The maximum atomic E-state index is 12.0. The first-order chi connectivity index (χ1) is 8.20. The van der Waals surface area contributed by atoms with Gasteiger partial charge in [0.2, 0.25) is 5.91 Å². The van der Waals surface area contributed by atoms with Crippen molar-refractivity contribution >= 4 is 5.91 Å². The van der Waals surface area contributed by atoms with Crippen molar-refractivity contribution in [3.05, 3.63) is 0 Å². The third-order valence-electron chi connectivity index (χ3n) is 3.62. The Kier molecular flexibility index (Phi) is 6.52. The normalized spacial score (nSPS) is 23.9. The molecule has 0 heterocycles. The SMILES string of the molecule is CCCOCCC(=O)N(C)C1CCCC1CN. The lowest BCUT2D eigenvalue weighted by Gasteiger charge is -2.29. The number of carbonyl (C=O) groups is 1. The minimum absolute atomic E-state index is 0.187. The molecule has 0 bridgehead atoms. The molecule has 1 rings (SSSR count). The third kappa shape index (κ3) is 4.28. The van der Waals surface area contributed by atoms with Crippen molar-refractivity contribution in [3.8, 4) is 0 Å². The lowest BCUT2D eigenvalue weighted by Crippen LogP contribution is -2.41. The van der Waals surface area contributed by atoms with E-state index >= 15 is 0 Å². The van der Waals surface area contributed by atoms with Crippen LogP contribution in [0.1, 0.15) is 39.0 Å². The second kappa shape index (κ2) is 7.67. The average Bonchev–Trinajstić information content (AvgIpc) is 2.81. The Bertz CT molecular complexity index is 233. The predicted molar refractivity (Wildman–Crippen MR) is 68.7 cm³/mol. The fourth-order valence-corrected chi connectivity index (χ4v) is 2.57. The number of nitrogens with two attached hydrogens (primary N) is 1. The molecule has 17 heavy (non-hydrogen) atoms. The van der Waals surface area contributed by atoms with Gasteiger partial charge in [-0.05, 0) is 31.7 Å². The van der Waals surface area contributed by atoms with E-state index < -0.39 is 0 Å². The van der Waals surface area contributed by atoms with E-state index in [2.05, 4.69) is 6.92 Å². The van der Waals surface area contributed by atoms with Gasteiger partial charge in [0.25, 0.3) is 0 Å². The van der Waals surface area contributed by atoms with E-state index in [0.29, 0.717) is 31.5 Å². The van der Waals surface area contributed by atoms with Crippen molar-refractivity contribution in [3.63, 3.8) is 0 Å². The van der Waals surface area contributed by atoms with Crippen LogP contribution in [-0.4, -0.2) is 43.7 Å². The molecule has 2 unspecified atom stereocenters. The summed E-state index contributed by atoms with van der Waals surface area (Å²) in [5, 5.41) is 0. The van der Waals surface area contributed by atoms with Gasteiger partial charge in [0.1, 0.15) is 0 Å². The van der Waals surface area contributed by atoms with Crippen molar-refractivity contribution in [1.82, 2.24) is 4.90 Å². The van der Waals surface area contributed by atoms with E-state index in [0.717, 1.165) is 25.9 Å². The molecule has 2 atom stereocenters. The standard InChI is InChI=1S/C13H26N2O2/c1-3-8-17-9-7-13(16)15(2)12-6-4-5-11(12)10-14/h11-12H,3-10,14H2,1-2H3. The first-order valence-electron chi connectivity index (χ1n) is 6.74. The van der Waals surface area contributed by atoms with E-state index in [1.165, 1.54) is 6.42 Å². The van der Waals surface area contributed by atoms with Gasteiger partial charge in [-0.2, -0.15) is 0 Å². The highest BCUT2D eigenvalue weighted by atomic mass is 16.5. The van der Waals surface area contributed by atoms with Crippen LogP contribution in [0.4, 0.5) is 0 Å². The van der Waals surface area contributed by atoms with Crippen LogP contribution in [0, 0.1) is 5.92 Å². The molecule has 1 amide bonds. The smallest absolute Gasteiger partial charge is 0.224 e. The third-order valence-corrected chi connectivity index (χ3v) is 3.62. The van der Waals surface area contributed by atoms with Crippen LogP contribution < -0.4 is 5.73 Å². The molecule has 2 N–H and O–H groups in total. The Morgan fingerprint density at radius 3 is 2.82 bits per heavy atom. The number of rotatable bonds is 7. The summed E-state index contributed by atoms with van der Waals surface area (Å²) in [6, 6.07) is 0.346. The van der Waals surface area contributed by atoms with Gasteiger partial charge < -0.3 is 15.4 Å². The number of ether oxygens (including phenoxy) is 1. The molecule has 4 nitrogen and oxygen atoms in total. The summed E-state index contributed by atoms with van der Waals surface area (Å²) in [5.74, 6) is 0.673. The minimum Gasteiger partial charge on any atom is -0.381 e. The molecule has 1 fully saturated rings. The van der Waals surface area contributed by atoms with E-state index in [-0.39, 0.29) is 5.91 Å². The molecule has 4 heteroatoms. The lowest BCUT2D eigenvalue weighted by atomic mass is 10.0. The molecule has 1 aliphatic rings. The zero-order chi connectivity index (χ0) is 12.7. The van der Waals surface area contributed by atoms with Crippen LogP contribution in [-0.2, 0) is 9.53 Å². The first-order valence-corrected chi connectivity index (χ1v) is 6.74. The van der Waals surface area contributed by atoms with Gasteiger partial charge in [-0.3, -0.25) is 4.79 Å². The molecule has 1 saturated carbocycles. The largest absolute Gasteiger partial charge is 0.381 e. The molecule has 100 valence electrons. The number of hydrogen-bond donors (Lipinski definition) is 1.